The zero-order valence-electron chi connectivity index (χ0n) is 14.4. The molecule has 136 valence electrons. The van der Waals surface area contributed by atoms with Gasteiger partial charge in [-0.3, -0.25) is 0 Å². The van der Waals surface area contributed by atoms with Gasteiger partial charge in [-0.15, -0.1) is 0 Å². The third kappa shape index (κ3) is 4.35. The molecule has 1 N–H and O–H groups in total. The van der Waals surface area contributed by atoms with E-state index in [9.17, 15) is 4.79 Å². The van der Waals surface area contributed by atoms with Crippen molar-refractivity contribution in [2.45, 2.75) is 0 Å². The van der Waals surface area contributed by atoms with Gasteiger partial charge in [0.05, 0.1) is 7.11 Å². The van der Waals surface area contributed by atoms with Crippen molar-refractivity contribution in [2.24, 2.45) is 0 Å². The van der Waals surface area contributed by atoms with Gasteiger partial charge >= 0.3 is 6.09 Å². The first kappa shape index (κ1) is 18.3. The van der Waals surface area contributed by atoms with Crippen molar-refractivity contribution in [2.75, 3.05) is 38.2 Å². The molecule has 1 fully saturated rings. The molecule has 0 aliphatic carbocycles. The maximum Gasteiger partial charge on any atom is 0.407 e. The van der Waals surface area contributed by atoms with Gasteiger partial charge < -0.3 is 19.6 Å². The lowest BCUT2D eigenvalue weighted by Crippen LogP contribution is -2.48. The largest absolute Gasteiger partial charge is 0.481 e. The lowest BCUT2D eigenvalue weighted by molar-refractivity contribution is 0.142. The van der Waals surface area contributed by atoms with E-state index in [0.29, 0.717) is 32.1 Å². The van der Waals surface area contributed by atoms with Crippen molar-refractivity contribution in [1.29, 1.82) is 0 Å². The number of nitrogens with zero attached hydrogens (tertiary/aromatic N) is 3. The highest BCUT2D eigenvalue weighted by atomic mass is 79.9. The first-order valence-corrected chi connectivity index (χ1v) is 9.06. The molecule has 1 aromatic carbocycles. The number of carbonyl (C=O) groups is 1. The summed E-state index contributed by atoms with van der Waals surface area (Å²) in [6, 6.07) is 10.2. The van der Waals surface area contributed by atoms with Crippen LogP contribution in [0.25, 0.3) is 12.2 Å². The average Bonchev–Trinajstić information content (AvgIpc) is 2.67. The van der Waals surface area contributed by atoms with E-state index < -0.39 is 6.09 Å². The molecule has 6 nitrogen and oxygen atoms in total. The third-order valence-electron chi connectivity index (χ3n) is 4.30. The van der Waals surface area contributed by atoms with Gasteiger partial charge in [0, 0.05) is 48.1 Å². The molecule has 1 aliphatic rings. The molecule has 1 aromatic heterocycles. The molecule has 7 heteroatoms. The molecule has 26 heavy (non-hydrogen) atoms. The Bertz CT molecular complexity index is 800. The van der Waals surface area contributed by atoms with Gasteiger partial charge in [0.1, 0.15) is 0 Å². The standard InChI is InChI=1S/C19H20BrN3O3/c1-26-18-15(12-16(20)13-21-18)5-2-14-3-6-17(7-4-14)22-8-10-23(11-9-22)19(24)25/h2-7,12-13H,8-11H2,1H3,(H,24,25). The number of ether oxygens (including phenoxy) is 1. The van der Waals surface area contributed by atoms with E-state index in [0.717, 1.165) is 21.3 Å². The first-order valence-electron chi connectivity index (χ1n) is 8.27. The highest BCUT2D eigenvalue weighted by molar-refractivity contribution is 9.10. The number of benzene rings is 1. The second-order valence-electron chi connectivity index (χ2n) is 5.93. The quantitative estimate of drug-likeness (QED) is 0.818. The third-order valence-corrected chi connectivity index (χ3v) is 4.74. The summed E-state index contributed by atoms with van der Waals surface area (Å²) in [6.07, 6.45) is 4.84. The van der Waals surface area contributed by atoms with E-state index in [1.54, 1.807) is 13.3 Å². The first-order chi connectivity index (χ1) is 12.6. The monoisotopic (exact) mass is 417 g/mol. The Balaban J connectivity index is 1.67. The molecule has 0 atom stereocenters. The Hall–Kier alpha value is -2.54. The summed E-state index contributed by atoms with van der Waals surface area (Å²) in [4.78, 5) is 18.9. The molecule has 1 amide bonds. The van der Waals surface area contributed by atoms with Crippen molar-refractivity contribution in [3.05, 3.63) is 52.1 Å². The molecule has 1 saturated heterocycles. The summed E-state index contributed by atoms with van der Waals surface area (Å²) in [5, 5.41) is 9.02. The van der Waals surface area contributed by atoms with E-state index >= 15 is 0 Å². The molecule has 1 aliphatic heterocycles. The van der Waals surface area contributed by atoms with E-state index in [1.165, 1.54) is 4.90 Å². The number of methoxy groups -OCH3 is 1. The fourth-order valence-corrected chi connectivity index (χ4v) is 3.22. The van der Waals surface area contributed by atoms with Crippen LogP contribution >= 0.6 is 15.9 Å². The Morgan fingerprint density at radius 1 is 1.19 bits per heavy atom. The number of carboxylic acid groups (broad SMARTS) is 1. The highest BCUT2D eigenvalue weighted by Crippen LogP contribution is 2.23. The van der Waals surface area contributed by atoms with Crippen LogP contribution in [-0.2, 0) is 0 Å². The molecule has 0 saturated carbocycles. The summed E-state index contributed by atoms with van der Waals surface area (Å²) in [5.74, 6) is 0.581. The number of halogens is 1. The normalized spacial score (nSPS) is 14.7. The average molecular weight is 418 g/mol. The highest BCUT2D eigenvalue weighted by Gasteiger charge is 2.20. The molecule has 3 rings (SSSR count). The van der Waals surface area contributed by atoms with Crippen molar-refractivity contribution >= 4 is 39.9 Å². The van der Waals surface area contributed by atoms with Crippen LogP contribution in [0.3, 0.4) is 0 Å². The van der Waals surface area contributed by atoms with E-state index in [4.69, 9.17) is 9.84 Å². The minimum Gasteiger partial charge on any atom is -0.481 e. The molecule has 0 bridgehead atoms. The van der Waals surface area contributed by atoms with Crippen LogP contribution in [0.15, 0.2) is 41.0 Å². The lowest BCUT2D eigenvalue weighted by Gasteiger charge is -2.34. The fourth-order valence-electron chi connectivity index (χ4n) is 2.87. The van der Waals surface area contributed by atoms with E-state index in [1.807, 2.05) is 30.4 Å². The Labute approximate surface area is 160 Å². The van der Waals surface area contributed by atoms with E-state index in [-0.39, 0.29) is 0 Å². The number of rotatable bonds is 4. The number of hydrogen-bond acceptors (Lipinski definition) is 4. The van der Waals surface area contributed by atoms with Crippen LogP contribution in [0.4, 0.5) is 10.5 Å². The number of anilines is 1. The second kappa shape index (κ2) is 8.23. The summed E-state index contributed by atoms with van der Waals surface area (Å²) in [6.45, 7) is 2.49. The Morgan fingerprint density at radius 2 is 1.88 bits per heavy atom. The summed E-state index contributed by atoms with van der Waals surface area (Å²) < 4.78 is 6.17. The van der Waals surface area contributed by atoms with Crippen LogP contribution in [0.5, 0.6) is 5.88 Å². The van der Waals surface area contributed by atoms with Crippen molar-refractivity contribution in [1.82, 2.24) is 9.88 Å². The summed E-state index contributed by atoms with van der Waals surface area (Å²) in [5.41, 5.74) is 3.07. The van der Waals surface area contributed by atoms with Gasteiger partial charge in [0.25, 0.3) is 0 Å². The molecule has 0 spiro atoms. The number of piperazine rings is 1. The number of pyridine rings is 1. The van der Waals surface area contributed by atoms with Gasteiger partial charge in [-0.25, -0.2) is 9.78 Å². The second-order valence-corrected chi connectivity index (χ2v) is 6.85. The summed E-state index contributed by atoms with van der Waals surface area (Å²) in [7, 11) is 1.60. The van der Waals surface area contributed by atoms with Crippen LogP contribution in [0.2, 0.25) is 0 Å². The van der Waals surface area contributed by atoms with Gasteiger partial charge in [-0.05, 0) is 45.8 Å². The Kier molecular flexibility index (Phi) is 5.78. The predicted octanol–water partition coefficient (Wildman–Crippen LogP) is 3.82. The van der Waals surface area contributed by atoms with Gasteiger partial charge in [-0.1, -0.05) is 18.2 Å². The lowest BCUT2D eigenvalue weighted by atomic mass is 10.1. The molecule has 0 unspecified atom stereocenters. The number of aromatic nitrogens is 1. The molecule has 2 aromatic rings. The topological polar surface area (TPSA) is 65.9 Å². The molecular weight excluding hydrogens is 398 g/mol. The van der Waals surface area contributed by atoms with Crippen LogP contribution in [0, 0.1) is 0 Å². The van der Waals surface area contributed by atoms with Crippen LogP contribution in [0.1, 0.15) is 11.1 Å². The predicted molar refractivity (Wildman–Crippen MR) is 106 cm³/mol. The zero-order chi connectivity index (χ0) is 18.5. The Morgan fingerprint density at radius 3 is 2.50 bits per heavy atom. The number of hydrogen-bond donors (Lipinski definition) is 1. The van der Waals surface area contributed by atoms with Gasteiger partial charge in [-0.2, -0.15) is 0 Å². The van der Waals surface area contributed by atoms with Crippen molar-refractivity contribution < 1.29 is 14.6 Å². The minimum absolute atomic E-state index is 0.534. The van der Waals surface area contributed by atoms with Gasteiger partial charge in [0.15, 0.2) is 0 Å². The maximum absolute atomic E-state index is 11.0. The molecular formula is C19H20BrN3O3. The van der Waals surface area contributed by atoms with Crippen LogP contribution in [-0.4, -0.2) is 54.4 Å². The maximum atomic E-state index is 11.0. The fraction of sp³-hybridized carbons (Fsp3) is 0.263. The van der Waals surface area contributed by atoms with Gasteiger partial charge in [0.2, 0.25) is 5.88 Å². The smallest absolute Gasteiger partial charge is 0.407 e. The van der Waals surface area contributed by atoms with Crippen molar-refractivity contribution in [3.63, 3.8) is 0 Å². The van der Waals surface area contributed by atoms with Crippen LogP contribution < -0.4 is 9.64 Å². The zero-order valence-corrected chi connectivity index (χ0v) is 16.0. The minimum atomic E-state index is -0.845. The molecule has 0 radical (unpaired) electrons. The van der Waals surface area contributed by atoms with E-state index in [2.05, 4.69) is 37.9 Å². The summed E-state index contributed by atoms with van der Waals surface area (Å²) >= 11 is 3.42. The molecule has 2 heterocycles. The SMILES string of the molecule is COc1ncc(Br)cc1C=Cc1ccc(N2CCN(C(=O)O)CC2)cc1. The van der Waals surface area contributed by atoms with Crippen molar-refractivity contribution in [3.8, 4) is 5.88 Å². The number of amides is 1.